The van der Waals surface area contributed by atoms with Crippen LogP contribution in [0.4, 0.5) is 4.39 Å². The highest BCUT2D eigenvalue weighted by Crippen LogP contribution is 2.37. The zero-order valence-corrected chi connectivity index (χ0v) is 14.9. The van der Waals surface area contributed by atoms with Crippen LogP contribution in [-0.2, 0) is 0 Å². The molecule has 1 unspecified atom stereocenters. The fraction of sp³-hybridized carbons (Fsp3) is 0.118. The molecule has 1 atom stereocenters. The van der Waals surface area contributed by atoms with Crippen LogP contribution in [0.1, 0.15) is 29.9 Å². The molecule has 0 aliphatic carbocycles. The van der Waals surface area contributed by atoms with Crippen LogP contribution < -0.4 is 0 Å². The van der Waals surface area contributed by atoms with Crippen LogP contribution in [0.25, 0.3) is 5.69 Å². The average molecular weight is 406 g/mol. The summed E-state index contributed by atoms with van der Waals surface area (Å²) < 4.78 is 17.0. The predicted molar refractivity (Wildman–Crippen MR) is 94.5 cm³/mol. The van der Waals surface area contributed by atoms with Gasteiger partial charge in [-0.2, -0.15) is 0 Å². The summed E-state index contributed by atoms with van der Waals surface area (Å²) in [5, 5.41) is 8.61. The van der Waals surface area contributed by atoms with E-state index in [1.165, 1.54) is 6.07 Å². The molecule has 0 amide bonds. The first kappa shape index (κ1) is 15.5. The van der Waals surface area contributed by atoms with Gasteiger partial charge >= 0.3 is 0 Å². The second kappa shape index (κ2) is 5.79. The van der Waals surface area contributed by atoms with Crippen molar-refractivity contribution < 1.29 is 4.39 Å². The van der Waals surface area contributed by atoms with E-state index in [9.17, 15) is 4.39 Å². The normalized spacial score (nSPS) is 16.2. The monoisotopic (exact) mass is 404 g/mol. The van der Waals surface area contributed by atoms with E-state index in [2.05, 4.69) is 26.1 Å². The maximum atomic E-state index is 14.4. The number of rotatable bonds is 1. The Morgan fingerprint density at radius 3 is 2.79 bits per heavy atom. The Morgan fingerprint density at radius 2 is 2.00 bits per heavy atom. The van der Waals surface area contributed by atoms with Crippen molar-refractivity contribution in [2.75, 3.05) is 0 Å². The number of nitrogens with zero attached hydrogens (tertiary/aromatic N) is 4. The van der Waals surface area contributed by atoms with E-state index >= 15 is 0 Å². The van der Waals surface area contributed by atoms with E-state index in [4.69, 9.17) is 16.6 Å². The molecule has 0 bridgehead atoms. The Kier molecular flexibility index (Phi) is 3.73. The van der Waals surface area contributed by atoms with Gasteiger partial charge < -0.3 is 0 Å². The molecule has 1 aliphatic heterocycles. The number of halogens is 3. The van der Waals surface area contributed by atoms with Crippen LogP contribution >= 0.6 is 27.5 Å². The lowest BCUT2D eigenvalue weighted by Gasteiger charge is -2.14. The van der Waals surface area contributed by atoms with Gasteiger partial charge in [0.05, 0.1) is 16.4 Å². The third-order valence-corrected chi connectivity index (χ3v) is 5.25. The van der Waals surface area contributed by atoms with Crippen molar-refractivity contribution in [1.82, 2.24) is 14.8 Å². The SMILES string of the molecule is CC1N=C(c2ccccc2F)c2c(ccc(Br)c2Cl)-n2cnnc21. The van der Waals surface area contributed by atoms with Crippen molar-refractivity contribution in [2.24, 2.45) is 4.99 Å². The van der Waals surface area contributed by atoms with Gasteiger partial charge in [0.15, 0.2) is 5.82 Å². The molecule has 0 saturated heterocycles. The minimum atomic E-state index is -0.344. The molecule has 24 heavy (non-hydrogen) atoms. The number of aliphatic imine (C=N–C) groups is 1. The van der Waals surface area contributed by atoms with Gasteiger partial charge in [-0.05, 0) is 47.1 Å². The second-order valence-electron chi connectivity index (χ2n) is 5.45. The van der Waals surface area contributed by atoms with Gasteiger partial charge in [0.25, 0.3) is 0 Å². The van der Waals surface area contributed by atoms with Gasteiger partial charge in [0.1, 0.15) is 18.2 Å². The van der Waals surface area contributed by atoms with Crippen LogP contribution in [0.5, 0.6) is 0 Å². The fourth-order valence-electron chi connectivity index (χ4n) is 2.85. The molecular formula is C17H11BrClFN4. The van der Waals surface area contributed by atoms with Crippen LogP contribution in [0.3, 0.4) is 0 Å². The predicted octanol–water partition coefficient (Wildman–Crippen LogP) is 4.73. The van der Waals surface area contributed by atoms with Crippen LogP contribution in [0, 0.1) is 5.82 Å². The van der Waals surface area contributed by atoms with Crippen molar-refractivity contribution in [3.05, 3.63) is 75.0 Å². The van der Waals surface area contributed by atoms with Crippen molar-refractivity contribution in [3.63, 3.8) is 0 Å². The molecule has 0 radical (unpaired) electrons. The maximum absolute atomic E-state index is 14.4. The molecule has 0 N–H and O–H groups in total. The number of benzene rings is 2. The highest BCUT2D eigenvalue weighted by molar-refractivity contribution is 9.10. The number of fused-ring (bicyclic) bond motifs is 3. The molecule has 3 aromatic rings. The lowest BCUT2D eigenvalue weighted by atomic mass is 10.00. The molecule has 1 aromatic heterocycles. The highest BCUT2D eigenvalue weighted by Gasteiger charge is 2.27. The summed E-state index contributed by atoms with van der Waals surface area (Å²) in [6.45, 7) is 1.90. The molecule has 1 aliphatic rings. The summed E-state index contributed by atoms with van der Waals surface area (Å²) in [6, 6.07) is 10.0. The summed E-state index contributed by atoms with van der Waals surface area (Å²) in [7, 11) is 0. The standard InChI is InChI=1S/C17H11BrClFN4/c1-9-17-23-21-8-24(17)13-7-6-11(18)15(19)14(13)16(22-9)10-4-2-3-5-12(10)20/h2-9H,1H3. The molecule has 0 fully saturated rings. The first-order valence-corrected chi connectivity index (χ1v) is 8.46. The van der Waals surface area contributed by atoms with Gasteiger partial charge in [-0.15, -0.1) is 10.2 Å². The smallest absolute Gasteiger partial charge is 0.162 e. The van der Waals surface area contributed by atoms with Gasteiger partial charge in [0, 0.05) is 15.6 Å². The average Bonchev–Trinajstić information content (AvgIpc) is 3.02. The molecule has 120 valence electrons. The molecule has 4 rings (SSSR count). The summed E-state index contributed by atoms with van der Waals surface area (Å²) in [4.78, 5) is 4.71. The topological polar surface area (TPSA) is 43.1 Å². The van der Waals surface area contributed by atoms with Crippen LogP contribution in [-0.4, -0.2) is 20.5 Å². The van der Waals surface area contributed by atoms with E-state index in [-0.39, 0.29) is 11.9 Å². The van der Waals surface area contributed by atoms with Gasteiger partial charge in [-0.1, -0.05) is 23.7 Å². The summed E-state index contributed by atoms with van der Waals surface area (Å²) in [6.07, 6.45) is 1.62. The molecule has 4 nitrogen and oxygen atoms in total. The minimum Gasteiger partial charge on any atom is -0.283 e. The van der Waals surface area contributed by atoms with Gasteiger partial charge in [0.2, 0.25) is 0 Å². The lowest BCUT2D eigenvalue weighted by Crippen LogP contribution is -2.10. The molecular weight excluding hydrogens is 395 g/mol. The number of hydrogen-bond donors (Lipinski definition) is 0. The molecule has 2 heterocycles. The quantitative estimate of drug-likeness (QED) is 0.587. The third-order valence-electron chi connectivity index (χ3n) is 3.97. The van der Waals surface area contributed by atoms with Crippen molar-refractivity contribution >= 4 is 33.2 Å². The lowest BCUT2D eigenvalue weighted by molar-refractivity contribution is 0.625. The van der Waals surface area contributed by atoms with E-state index in [1.54, 1.807) is 24.5 Å². The number of hydrogen-bond acceptors (Lipinski definition) is 3. The Morgan fingerprint density at radius 1 is 1.21 bits per heavy atom. The molecule has 7 heteroatoms. The van der Waals surface area contributed by atoms with Crippen molar-refractivity contribution in [1.29, 1.82) is 0 Å². The van der Waals surface area contributed by atoms with E-state index in [0.29, 0.717) is 27.7 Å². The zero-order valence-electron chi connectivity index (χ0n) is 12.5. The van der Waals surface area contributed by atoms with E-state index < -0.39 is 0 Å². The Labute approximate surface area is 151 Å². The number of aromatic nitrogens is 3. The maximum Gasteiger partial charge on any atom is 0.162 e. The van der Waals surface area contributed by atoms with Crippen molar-refractivity contribution in [2.45, 2.75) is 13.0 Å². The van der Waals surface area contributed by atoms with Crippen molar-refractivity contribution in [3.8, 4) is 5.69 Å². The molecule has 2 aromatic carbocycles. The summed E-state index contributed by atoms with van der Waals surface area (Å²) in [5.41, 5.74) is 2.34. The fourth-order valence-corrected chi connectivity index (χ4v) is 3.43. The Balaban J connectivity index is 2.10. The van der Waals surface area contributed by atoms with Crippen LogP contribution in [0.15, 0.2) is 52.2 Å². The third kappa shape index (κ3) is 2.29. The van der Waals surface area contributed by atoms with E-state index in [0.717, 1.165) is 10.2 Å². The van der Waals surface area contributed by atoms with Crippen LogP contribution in [0.2, 0.25) is 5.02 Å². The second-order valence-corrected chi connectivity index (χ2v) is 6.68. The zero-order chi connectivity index (χ0) is 16.8. The summed E-state index contributed by atoms with van der Waals surface area (Å²) in [5.74, 6) is 0.337. The first-order chi connectivity index (χ1) is 11.6. The first-order valence-electron chi connectivity index (χ1n) is 7.29. The summed E-state index contributed by atoms with van der Waals surface area (Å²) >= 11 is 10.0. The highest BCUT2D eigenvalue weighted by atomic mass is 79.9. The van der Waals surface area contributed by atoms with Gasteiger partial charge in [-0.3, -0.25) is 9.56 Å². The van der Waals surface area contributed by atoms with Gasteiger partial charge in [-0.25, -0.2) is 4.39 Å². The largest absolute Gasteiger partial charge is 0.283 e. The molecule has 0 saturated carbocycles. The van der Waals surface area contributed by atoms with E-state index in [1.807, 2.05) is 23.6 Å². The Hall–Kier alpha value is -2.05. The Bertz CT molecular complexity index is 982. The molecule has 0 spiro atoms. The minimum absolute atomic E-state index is 0.288.